The van der Waals surface area contributed by atoms with Crippen LogP contribution in [0.3, 0.4) is 0 Å². The lowest BCUT2D eigenvalue weighted by molar-refractivity contribution is -0.137. The summed E-state index contributed by atoms with van der Waals surface area (Å²) in [4.78, 5) is 30.0. The Hall–Kier alpha value is -3.66. The summed E-state index contributed by atoms with van der Waals surface area (Å²) in [5, 5.41) is 5.29. The number of carbonyl (C=O) groups is 2. The molecule has 0 radical (unpaired) electrons. The number of aromatic nitrogens is 1. The molecule has 1 atom stereocenters. The van der Waals surface area contributed by atoms with Crippen LogP contribution in [-0.4, -0.2) is 45.8 Å². The van der Waals surface area contributed by atoms with Crippen molar-refractivity contribution in [3.63, 3.8) is 0 Å². The molecule has 0 fully saturated rings. The first kappa shape index (κ1) is 34.2. The molecule has 0 saturated heterocycles. The molecule has 0 bridgehead atoms. The van der Waals surface area contributed by atoms with Gasteiger partial charge in [0.15, 0.2) is 20.9 Å². The highest BCUT2D eigenvalue weighted by Gasteiger charge is 2.37. The maximum Gasteiger partial charge on any atom is 0.416 e. The van der Waals surface area contributed by atoms with Crippen molar-refractivity contribution in [1.82, 2.24) is 10.3 Å². The van der Waals surface area contributed by atoms with Crippen LogP contribution in [-0.2, 0) is 36.6 Å². The fourth-order valence-electron chi connectivity index (χ4n) is 4.51. The largest absolute Gasteiger partial charge is 0.416 e. The van der Waals surface area contributed by atoms with Crippen LogP contribution in [0.5, 0.6) is 0 Å². The molecular weight excluding hydrogens is 652 g/mol. The molecule has 0 aliphatic rings. The molecule has 3 N–H and O–H groups in total. The average molecular weight is 682 g/mol. The summed E-state index contributed by atoms with van der Waals surface area (Å²) in [7, 11) is -8.39. The molecule has 1 heterocycles. The summed E-state index contributed by atoms with van der Waals surface area (Å²) in [6, 6.07) is 15.8. The summed E-state index contributed by atoms with van der Waals surface area (Å²) in [6.07, 6.45) is -2.44. The van der Waals surface area contributed by atoms with Crippen LogP contribution in [0.15, 0.2) is 66.7 Å². The maximum absolute atomic E-state index is 13.6. The van der Waals surface area contributed by atoms with Gasteiger partial charge in [0, 0.05) is 18.5 Å². The summed E-state index contributed by atoms with van der Waals surface area (Å²) < 4.78 is 89.5. The number of rotatable bonds is 13. The number of primary sulfonamides is 1. The Bertz CT molecular complexity index is 1910. The minimum absolute atomic E-state index is 0.0188. The summed E-state index contributed by atoms with van der Waals surface area (Å²) >= 11 is 0.945. The highest BCUT2D eigenvalue weighted by Crippen LogP contribution is 2.36. The Balaban J connectivity index is 1.66. The van der Waals surface area contributed by atoms with E-state index in [0.29, 0.717) is 22.2 Å². The maximum atomic E-state index is 13.6. The molecule has 45 heavy (non-hydrogen) atoms. The molecule has 4 aromatic rings. The van der Waals surface area contributed by atoms with E-state index < -0.39 is 60.8 Å². The van der Waals surface area contributed by atoms with Crippen LogP contribution in [0.4, 0.5) is 13.2 Å². The highest BCUT2D eigenvalue weighted by molar-refractivity contribution is 7.91. The molecule has 240 valence electrons. The zero-order valence-corrected chi connectivity index (χ0v) is 26.5. The van der Waals surface area contributed by atoms with Gasteiger partial charge in [-0.2, -0.15) is 13.2 Å². The van der Waals surface area contributed by atoms with E-state index in [1.807, 2.05) is 6.92 Å². The Morgan fingerprint density at radius 3 is 2.20 bits per heavy atom. The predicted molar refractivity (Wildman–Crippen MR) is 167 cm³/mol. The Kier molecular flexibility index (Phi) is 10.5. The molecule has 0 spiro atoms. The Morgan fingerprint density at radius 1 is 0.956 bits per heavy atom. The van der Waals surface area contributed by atoms with Gasteiger partial charge in [-0.3, -0.25) is 9.59 Å². The van der Waals surface area contributed by atoms with E-state index in [4.69, 9.17) is 5.14 Å². The van der Waals surface area contributed by atoms with Gasteiger partial charge in [0.2, 0.25) is 15.9 Å². The molecule has 1 amide bonds. The SMILES string of the molecule is CCCCC(=O)c1ccc(-c2ccc3nc(C(C(=O)NCCS(N)(=O)=O)S(=O)(=O)Cc4ccc(C(F)(F)F)cc4)sc3c2)cc1. The summed E-state index contributed by atoms with van der Waals surface area (Å²) in [5.41, 5.74) is 1.62. The number of sulfone groups is 1. The number of amides is 1. The smallest absolute Gasteiger partial charge is 0.354 e. The minimum Gasteiger partial charge on any atom is -0.354 e. The quantitative estimate of drug-likeness (QED) is 0.179. The van der Waals surface area contributed by atoms with Crippen molar-refractivity contribution in [2.24, 2.45) is 5.14 Å². The van der Waals surface area contributed by atoms with Gasteiger partial charge >= 0.3 is 6.18 Å². The second kappa shape index (κ2) is 13.8. The van der Waals surface area contributed by atoms with Crippen molar-refractivity contribution in [1.29, 1.82) is 0 Å². The third-order valence-electron chi connectivity index (χ3n) is 6.86. The lowest BCUT2D eigenvalue weighted by Crippen LogP contribution is -2.37. The standard InChI is InChI=1S/C30H30F3N3O6S3/c1-2-3-4-25(37)21-9-7-20(8-10-21)22-11-14-24-26(17-22)43-29(36-24)27(28(38)35-15-16-45(34,41)42)44(39,40)18-19-5-12-23(13-6-19)30(31,32)33/h5-14,17,27H,2-4,15-16,18H2,1H3,(H,35,38)(H2,34,41,42). The van der Waals surface area contributed by atoms with Crippen molar-refractivity contribution in [3.05, 3.63) is 88.4 Å². The number of alkyl halides is 3. The molecule has 15 heteroatoms. The number of nitrogens with zero attached hydrogens (tertiary/aromatic N) is 1. The van der Waals surface area contributed by atoms with Crippen molar-refractivity contribution in [2.45, 2.75) is 43.4 Å². The van der Waals surface area contributed by atoms with E-state index in [1.54, 1.807) is 42.5 Å². The van der Waals surface area contributed by atoms with E-state index in [0.717, 1.165) is 59.6 Å². The molecule has 1 aromatic heterocycles. The number of hydrogen-bond acceptors (Lipinski definition) is 8. The van der Waals surface area contributed by atoms with Crippen LogP contribution in [0, 0.1) is 0 Å². The number of hydrogen-bond donors (Lipinski definition) is 2. The lowest BCUT2D eigenvalue weighted by Gasteiger charge is -2.16. The number of sulfonamides is 1. The first-order chi connectivity index (χ1) is 21.1. The van der Waals surface area contributed by atoms with Crippen LogP contribution < -0.4 is 10.5 Å². The lowest BCUT2D eigenvalue weighted by atomic mass is 10.0. The van der Waals surface area contributed by atoms with Gasteiger partial charge in [0.05, 0.1) is 27.3 Å². The topological polar surface area (TPSA) is 153 Å². The number of ketones is 1. The number of fused-ring (bicyclic) bond motifs is 1. The molecular formula is C30H30F3N3O6S3. The second-order valence-corrected chi connectivity index (χ2v) is 15.3. The molecule has 3 aromatic carbocycles. The van der Waals surface area contributed by atoms with Gasteiger partial charge in [0.25, 0.3) is 0 Å². The number of carbonyl (C=O) groups excluding carboxylic acids is 2. The first-order valence-electron chi connectivity index (χ1n) is 13.8. The Labute approximate surface area is 262 Å². The number of nitrogens with two attached hydrogens (primary N) is 1. The zero-order valence-electron chi connectivity index (χ0n) is 24.0. The van der Waals surface area contributed by atoms with Crippen molar-refractivity contribution >= 4 is 53.1 Å². The summed E-state index contributed by atoms with van der Waals surface area (Å²) in [6.45, 7) is 1.55. The first-order valence-corrected chi connectivity index (χ1v) is 18.0. The summed E-state index contributed by atoms with van der Waals surface area (Å²) in [5.74, 6) is -2.41. The number of nitrogens with one attached hydrogen (secondary N) is 1. The minimum atomic E-state index is -4.61. The monoisotopic (exact) mass is 681 g/mol. The zero-order chi connectivity index (χ0) is 33.0. The third kappa shape index (κ3) is 8.96. The number of unbranched alkanes of at least 4 members (excludes halogenated alkanes) is 1. The van der Waals surface area contributed by atoms with Gasteiger partial charge in [-0.15, -0.1) is 11.3 Å². The average Bonchev–Trinajstić information content (AvgIpc) is 3.37. The molecule has 0 saturated carbocycles. The normalized spacial score (nSPS) is 13.1. The molecule has 0 aliphatic heterocycles. The highest BCUT2D eigenvalue weighted by atomic mass is 32.2. The fourth-order valence-corrected chi connectivity index (χ4v) is 8.06. The van der Waals surface area contributed by atoms with Crippen molar-refractivity contribution < 1.29 is 39.6 Å². The Morgan fingerprint density at radius 2 is 1.60 bits per heavy atom. The molecule has 9 nitrogen and oxygen atoms in total. The van der Waals surface area contributed by atoms with E-state index in [2.05, 4.69) is 10.3 Å². The van der Waals surface area contributed by atoms with Gasteiger partial charge < -0.3 is 5.32 Å². The molecule has 1 unspecified atom stereocenters. The van der Waals surface area contributed by atoms with Gasteiger partial charge in [-0.1, -0.05) is 55.8 Å². The third-order valence-corrected chi connectivity index (χ3v) is 10.8. The van der Waals surface area contributed by atoms with Crippen LogP contribution >= 0.6 is 11.3 Å². The molecule has 4 rings (SSSR count). The van der Waals surface area contributed by atoms with Crippen LogP contribution in [0.25, 0.3) is 21.3 Å². The number of benzene rings is 3. The van der Waals surface area contributed by atoms with E-state index >= 15 is 0 Å². The van der Waals surface area contributed by atoms with Gasteiger partial charge in [-0.25, -0.2) is 27.0 Å². The number of halogens is 3. The van der Waals surface area contributed by atoms with Crippen molar-refractivity contribution in [2.75, 3.05) is 12.3 Å². The fraction of sp³-hybridized carbons (Fsp3) is 0.300. The van der Waals surface area contributed by atoms with E-state index in [-0.39, 0.29) is 16.4 Å². The van der Waals surface area contributed by atoms with Gasteiger partial charge in [0.1, 0.15) is 5.01 Å². The number of Topliss-reactive ketones (excluding diaryl/α,β-unsaturated/α-hetero) is 1. The van der Waals surface area contributed by atoms with Crippen LogP contribution in [0.1, 0.15) is 57.9 Å². The van der Waals surface area contributed by atoms with Gasteiger partial charge in [-0.05, 0) is 47.4 Å². The second-order valence-electron chi connectivity index (χ2n) is 10.4. The van der Waals surface area contributed by atoms with E-state index in [9.17, 15) is 39.6 Å². The van der Waals surface area contributed by atoms with Crippen molar-refractivity contribution in [3.8, 4) is 11.1 Å². The number of thiazole rings is 1. The predicted octanol–water partition coefficient (Wildman–Crippen LogP) is 5.42. The molecule has 0 aliphatic carbocycles. The van der Waals surface area contributed by atoms with E-state index in [1.165, 1.54) is 0 Å². The van der Waals surface area contributed by atoms with Crippen LogP contribution in [0.2, 0.25) is 0 Å².